The number of hydrogen-bond acceptors (Lipinski definition) is 4. The number of halogens is 1. The Bertz CT molecular complexity index is 917. The summed E-state index contributed by atoms with van der Waals surface area (Å²) < 4.78 is 15.9. The van der Waals surface area contributed by atoms with Gasteiger partial charge in [0.1, 0.15) is 16.5 Å². The second-order valence-electron chi connectivity index (χ2n) is 5.75. The predicted octanol–water partition coefficient (Wildman–Crippen LogP) is 3.28. The van der Waals surface area contributed by atoms with E-state index >= 15 is 0 Å². The normalized spacial score (nSPS) is 13.8. The monoisotopic (exact) mass is 342 g/mol. The minimum atomic E-state index is -0.358. The highest BCUT2D eigenvalue weighted by Crippen LogP contribution is 2.32. The van der Waals surface area contributed by atoms with Crippen molar-refractivity contribution in [1.29, 1.82) is 0 Å². The van der Waals surface area contributed by atoms with Crippen LogP contribution in [-0.4, -0.2) is 27.2 Å². The van der Waals surface area contributed by atoms with Crippen molar-refractivity contribution in [3.63, 3.8) is 0 Å². The molecule has 7 heteroatoms. The van der Waals surface area contributed by atoms with Gasteiger partial charge in [0.25, 0.3) is 5.91 Å². The summed E-state index contributed by atoms with van der Waals surface area (Å²) >= 11 is 1.39. The number of carbonyl (C=O) groups excluding carboxylic acids is 1. The number of thiazole rings is 1. The molecule has 0 aliphatic carbocycles. The third-order valence-electron chi connectivity index (χ3n) is 4.09. The average Bonchev–Trinajstić information content (AvgIpc) is 3.23. The van der Waals surface area contributed by atoms with Crippen LogP contribution in [0.15, 0.2) is 36.0 Å². The molecule has 0 atom stereocenters. The molecule has 4 rings (SSSR count). The second kappa shape index (κ2) is 5.83. The van der Waals surface area contributed by atoms with Crippen LogP contribution in [0.25, 0.3) is 10.6 Å². The number of benzene rings is 1. The van der Waals surface area contributed by atoms with E-state index in [1.807, 2.05) is 19.3 Å². The number of anilines is 1. The van der Waals surface area contributed by atoms with E-state index in [0.717, 1.165) is 29.0 Å². The molecule has 122 valence electrons. The minimum Gasteiger partial charge on any atom is -0.304 e. The number of rotatable bonds is 2. The van der Waals surface area contributed by atoms with Crippen LogP contribution in [0.5, 0.6) is 0 Å². The Kier molecular flexibility index (Phi) is 3.65. The molecule has 1 aliphatic heterocycles. The highest BCUT2D eigenvalue weighted by molar-refractivity contribution is 7.13. The van der Waals surface area contributed by atoms with Crippen LogP contribution in [0, 0.1) is 5.82 Å². The molecule has 0 unspecified atom stereocenters. The molecule has 0 saturated carbocycles. The maximum Gasteiger partial charge on any atom is 0.277 e. The van der Waals surface area contributed by atoms with Crippen LogP contribution in [0.2, 0.25) is 0 Å². The van der Waals surface area contributed by atoms with Gasteiger partial charge in [-0.05, 0) is 24.5 Å². The van der Waals surface area contributed by atoms with E-state index < -0.39 is 0 Å². The van der Waals surface area contributed by atoms with Crippen LogP contribution in [0.1, 0.15) is 22.5 Å². The topological polar surface area (TPSA) is 51.0 Å². The number of aromatic nitrogens is 3. The molecule has 5 nitrogen and oxygen atoms in total. The first kappa shape index (κ1) is 15.0. The van der Waals surface area contributed by atoms with Crippen LogP contribution in [0.4, 0.5) is 10.1 Å². The zero-order valence-electron chi connectivity index (χ0n) is 13.1. The average molecular weight is 342 g/mol. The molecular formula is C17H15FN4OS. The van der Waals surface area contributed by atoms with Crippen molar-refractivity contribution in [3.05, 3.63) is 53.0 Å². The lowest BCUT2D eigenvalue weighted by molar-refractivity contribution is 0.0980. The molecular weight excluding hydrogens is 327 g/mol. The van der Waals surface area contributed by atoms with Gasteiger partial charge in [0.05, 0.1) is 11.9 Å². The van der Waals surface area contributed by atoms with Gasteiger partial charge < -0.3 is 4.90 Å². The number of para-hydroxylation sites is 1. The van der Waals surface area contributed by atoms with E-state index in [0.29, 0.717) is 17.9 Å². The molecule has 0 N–H and O–H groups in total. The molecule has 0 radical (unpaired) electrons. The van der Waals surface area contributed by atoms with E-state index in [-0.39, 0.29) is 11.7 Å². The van der Waals surface area contributed by atoms with Crippen molar-refractivity contribution in [3.8, 4) is 10.6 Å². The summed E-state index contributed by atoms with van der Waals surface area (Å²) in [5.41, 5.74) is 2.48. The Morgan fingerprint density at radius 3 is 3.04 bits per heavy atom. The van der Waals surface area contributed by atoms with Gasteiger partial charge >= 0.3 is 0 Å². The van der Waals surface area contributed by atoms with Crippen LogP contribution < -0.4 is 4.90 Å². The number of hydrogen-bond donors (Lipinski definition) is 0. The summed E-state index contributed by atoms with van der Waals surface area (Å²) in [6.45, 7) is 0.506. The maximum absolute atomic E-state index is 14.2. The van der Waals surface area contributed by atoms with Crippen molar-refractivity contribution in [2.75, 3.05) is 11.4 Å². The summed E-state index contributed by atoms with van der Waals surface area (Å²) in [5, 5.41) is 6.57. The molecule has 1 aliphatic rings. The summed E-state index contributed by atoms with van der Waals surface area (Å²) in [7, 11) is 1.83. The summed E-state index contributed by atoms with van der Waals surface area (Å²) in [5.74, 6) is -0.615. The number of aryl methyl sites for hydroxylation is 2. The van der Waals surface area contributed by atoms with E-state index in [1.54, 1.807) is 22.3 Å². The quantitative estimate of drug-likeness (QED) is 0.718. The maximum atomic E-state index is 14.2. The fourth-order valence-corrected chi connectivity index (χ4v) is 3.75. The van der Waals surface area contributed by atoms with Crippen molar-refractivity contribution < 1.29 is 9.18 Å². The van der Waals surface area contributed by atoms with Crippen molar-refractivity contribution in [2.45, 2.75) is 12.8 Å². The van der Waals surface area contributed by atoms with Gasteiger partial charge in [0.2, 0.25) is 0 Å². The summed E-state index contributed by atoms with van der Waals surface area (Å²) in [6.07, 6.45) is 5.17. The van der Waals surface area contributed by atoms with E-state index in [9.17, 15) is 9.18 Å². The van der Waals surface area contributed by atoms with Crippen molar-refractivity contribution in [2.24, 2.45) is 7.05 Å². The standard InChI is InChI=1S/C17H15FN4OS/c1-21-9-12(8-19-21)16-20-14(10-24-16)17(23)22-7-3-5-11-4-2-6-13(18)15(11)22/h2,4,6,8-10H,3,5,7H2,1H3. The molecule has 0 spiro atoms. The molecule has 3 heterocycles. The van der Waals surface area contributed by atoms with E-state index in [1.165, 1.54) is 22.3 Å². The minimum absolute atomic E-state index is 0.257. The molecule has 1 amide bonds. The summed E-state index contributed by atoms with van der Waals surface area (Å²) in [4.78, 5) is 18.8. The highest BCUT2D eigenvalue weighted by Gasteiger charge is 2.28. The first-order valence-electron chi connectivity index (χ1n) is 7.67. The molecule has 0 fully saturated rings. The van der Waals surface area contributed by atoms with Gasteiger partial charge in [0, 0.05) is 30.7 Å². The SMILES string of the molecule is Cn1cc(-c2nc(C(=O)N3CCCc4cccc(F)c43)cs2)cn1. The van der Waals surface area contributed by atoms with Gasteiger partial charge in [0.15, 0.2) is 0 Å². The van der Waals surface area contributed by atoms with Crippen molar-refractivity contribution >= 4 is 22.9 Å². The fourth-order valence-electron chi connectivity index (χ4n) is 2.98. The fraction of sp³-hybridized carbons (Fsp3) is 0.235. The lowest BCUT2D eigenvalue weighted by atomic mass is 10.0. The lowest BCUT2D eigenvalue weighted by Crippen LogP contribution is -2.36. The number of fused-ring (bicyclic) bond motifs is 1. The first-order valence-corrected chi connectivity index (χ1v) is 8.55. The number of carbonyl (C=O) groups is 1. The van der Waals surface area contributed by atoms with Gasteiger partial charge in [-0.1, -0.05) is 12.1 Å². The van der Waals surface area contributed by atoms with Crippen LogP contribution in [-0.2, 0) is 13.5 Å². The molecule has 24 heavy (non-hydrogen) atoms. The predicted molar refractivity (Wildman–Crippen MR) is 90.7 cm³/mol. The Hall–Kier alpha value is -2.54. The zero-order valence-corrected chi connectivity index (χ0v) is 13.9. The largest absolute Gasteiger partial charge is 0.304 e. The van der Waals surface area contributed by atoms with Gasteiger partial charge in [-0.25, -0.2) is 9.37 Å². The zero-order chi connectivity index (χ0) is 16.7. The summed E-state index contributed by atoms with van der Waals surface area (Å²) in [6, 6.07) is 4.96. The second-order valence-corrected chi connectivity index (χ2v) is 6.61. The Morgan fingerprint density at radius 1 is 1.38 bits per heavy atom. The molecule has 3 aromatic rings. The molecule has 2 aromatic heterocycles. The Morgan fingerprint density at radius 2 is 2.25 bits per heavy atom. The smallest absolute Gasteiger partial charge is 0.277 e. The molecule has 0 saturated heterocycles. The third kappa shape index (κ3) is 2.50. The third-order valence-corrected chi connectivity index (χ3v) is 4.98. The van der Waals surface area contributed by atoms with Crippen LogP contribution >= 0.6 is 11.3 Å². The number of nitrogens with zero attached hydrogens (tertiary/aromatic N) is 4. The van der Waals surface area contributed by atoms with Gasteiger partial charge in [-0.3, -0.25) is 9.48 Å². The Labute approximate surface area is 142 Å². The Balaban J connectivity index is 1.67. The van der Waals surface area contributed by atoms with E-state index in [2.05, 4.69) is 10.1 Å². The lowest BCUT2D eigenvalue weighted by Gasteiger charge is -2.29. The molecule has 1 aromatic carbocycles. The van der Waals surface area contributed by atoms with Gasteiger partial charge in [-0.15, -0.1) is 11.3 Å². The molecule has 0 bridgehead atoms. The van der Waals surface area contributed by atoms with E-state index in [4.69, 9.17) is 0 Å². The number of amides is 1. The van der Waals surface area contributed by atoms with Gasteiger partial charge in [-0.2, -0.15) is 5.10 Å². The highest BCUT2D eigenvalue weighted by atomic mass is 32.1. The van der Waals surface area contributed by atoms with Crippen molar-refractivity contribution in [1.82, 2.24) is 14.8 Å². The first-order chi connectivity index (χ1) is 11.6. The van der Waals surface area contributed by atoms with Crippen LogP contribution in [0.3, 0.4) is 0 Å².